The normalized spacial score (nSPS) is 11.6. The van der Waals surface area contributed by atoms with Gasteiger partial charge in [0.2, 0.25) is 0 Å². The van der Waals surface area contributed by atoms with Crippen LogP contribution in [0.5, 0.6) is 0 Å². The van der Waals surface area contributed by atoms with Crippen molar-refractivity contribution in [2.75, 3.05) is 11.7 Å². The van der Waals surface area contributed by atoms with E-state index >= 15 is 0 Å². The van der Waals surface area contributed by atoms with Crippen molar-refractivity contribution < 1.29 is 14.3 Å². The van der Waals surface area contributed by atoms with Gasteiger partial charge in [-0.25, -0.2) is 9.45 Å². The molecule has 0 amide bonds. The zero-order chi connectivity index (χ0) is 17.9. The van der Waals surface area contributed by atoms with Crippen LogP contribution >= 0.6 is 38.5 Å². The van der Waals surface area contributed by atoms with E-state index in [2.05, 4.69) is 38.5 Å². The summed E-state index contributed by atoms with van der Waals surface area (Å²) in [4.78, 5) is 6.15. The predicted octanol–water partition coefficient (Wildman–Crippen LogP) is 5.73. The average Bonchev–Trinajstić information content (AvgIpc) is 2.48. The maximum atomic E-state index is 14.0. The molecule has 0 bridgehead atoms. The first-order valence-corrected chi connectivity index (χ1v) is 9.42. The number of hydrogen-bond donors (Lipinski definition) is 1. The molecule has 0 aliphatic heterocycles. The summed E-state index contributed by atoms with van der Waals surface area (Å²) < 4.78 is 15.5. The Balaban J connectivity index is 2.50. The zero-order valence-electron chi connectivity index (χ0n) is 13.8. The molecule has 0 aromatic heterocycles. The van der Waals surface area contributed by atoms with Crippen LogP contribution in [0.1, 0.15) is 25.8 Å². The summed E-state index contributed by atoms with van der Waals surface area (Å²) in [5, 5.41) is 10.9. The summed E-state index contributed by atoms with van der Waals surface area (Å²) in [7, 11) is 0. The molecule has 0 aliphatic rings. The molecule has 3 nitrogen and oxygen atoms in total. The van der Waals surface area contributed by atoms with Crippen LogP contribution in [-0.4, -0.2) is 17.3 Å². The third-order valence-electron chi connectivity index (χ3n) is 3.57. The second-order valence-electron chi connectivity index (χ2n) is 6.15. The van der Waals surface area contributed by atoms with Crippen LogP contribution in [-0.2, 0) is 4.84 Å². The van der Waals surface area contributed by atoms with Crippen molar-refractivity contribution in [2.45, 2.75) is 32.8 Å². The number of anilines is 2. The lowest BCUT2D eigenvalue weighted by molar-refractivity contribution is -0.0332. The highest BCUT2D eigenvalue weighted by Gasteiger charge is 2.25. The molecule has 2 rings (SSSR count). The van der Waals surface area contributed by atoms with E-state index in [0.29, 0.717) is 16.6 Å². The Morgan fingerprint density at radius 2 is 1.96 bits per heavy atom. The number of aliphatic hydroxyl groups excluding tert-OH is 1. The van der Waals surface area contributed by atoms with Gasteiger partial charge in [0.05, 0.1) is 21.4 Å². The van der Waals surface area contributed by atoms with E-state index in [1.54, 1.807) is 17.2 Å². The maximum Gasteiger partial charge on any atom is 0.139 e. The molecule has 2 aromatic carbocycles. The number of aliphatic hydroxyl groups is 1. The maximum absolute atomic E-state index is 14.0. The van der Waals surface area contributed by atoms with Gasteiger partial charge in [-0.3, -0.25) is 4.84 Å². The van der Waals surface area contributed by atoms with E-state index in [1.165, 1.54) is 6.07 Å². The third-order valence-corrected chi connectivity index (χ3v) is 4.88. The molecule has 0 heterocycles. The van der Waals surface area contributed by atoms with Crippen molar-refractivity contribution in [3.8, 4) is 0 Å². The Kier molecular flexibility index (Phi) is 6.64. The number of rotatable bonds is 6. The molecule has 0 spiro atoms. The smallest absolute Gasteiger partial charge is 0.139 e. The van der Waals surface area contributed by atoms with Gasteiger partial charge in [-0.1, -0.05) is 0 Å². The minimum Gasteiger partial charge on any atom is -0.396 e. The van der Waals surface area contributed by atoms with Crippen LogP contribution in [0.4, 0.5) is 15.8 Å². The molecule has 0 unspecified atom stereocenters. The van der Waals surface area contributed by atoms with Crippen molar-refractivity contribution in [1.29, 1.82) is 0 Å². The second-order valence-corrected chi connectivity index (χ2v) is 8.25. The summed E-state index contributed by atoms with van der Waals surface area (Å²) in [6.07, 6.45) is 0.464. The minimum absolute atomic E-state index is 0.0151. The Labute approximate surface area is 164 Å². The van der Waals surface area contributed by atoms with E-state index in [0.717, 1.165) is 14.8 Å². The molecule has 6 heteroatoms. The molecule has 2 aromatic rings. The van der Waals surface area contributed by atoms with Gasteiger partial charge in [0.1, 0.15) is 5.82 Å². The number of aryl methyl sites for hydroxylation is 1. The second kappa shape index (κ2) is 8.12. The van der Waals surface area contributed by atoms with E-state index in [-0.39, 0.29) is 12.4 Å². The van der Waals surface area contributed by atoms with Crippen LogP contribution in [0.3, 0.4) is 0 Å². The lowest BCUT2D eigenvalue weighted by Gasteiger charge is -2.34. The highest BCUT2D eigenvalue weighted by atomic mass is 127. The first-order chi connectivity index (χ1) is 11.2. The number of benzene rings is 2. The van der Waals surface area contributed by atoms with Gasteiger partial charge in [0.25, 0.3) is 0 Å². The molecule has 0 saturated carbocycles. The molecule has 1 N–H and O–H groups in total. The molecule has 0 atom stereocenters. The Hall–Kier alpha value is -0.700. The van der Waals surface area contributed by atoms with Crippen LogP contribution in [0.25, 0.3) is 0 Å². The summed E-state index contributed by atoms with van der Waals surface area (Å²) in [6, 6.07) is 10.8. The van der Waals surface area contributed by atoms with E-state index in [9.17, 15) is 9.50 Å². The van der Waals surface area contributed by atoms with Crippen molar-refractivity contribution in [2.24, 2.45) is 0 Å². The molecule has 0 saturated heterocycles. The Bertz CT molecular complexity index is 724. The van der Waals surface area contributed by atoms with Gasteiger partial charge in [-0.05, 0) is 95.2 Å². The molecule has 0 aliphatic carbocycles. The van der Waals surface area contributed by atoms with Crippen LogP contribution in [0.2, 0.25) is 0 Å². The van der Waals surface area contributed by atoms with Gasteiger partial charge in [0, 0.05) is 22.7 Å². The Morgan fingerprint density at radius 1 is 1.25 bits per heavy atom. The van der Waals surface area contributed by atoms with Gasteiger partial charge < -0.3 is 5.11 Å². The van der Waals surface area contributed by atoms with E-state index in [4.69, 9.17) is 4.84 Å². The van der Waals surface area contributed by atoms with Gasteiger partial charge >= 0.3 is 0 Å². The minimum atomic E-state index is -0.603. The molecular weight excluding hydrogens is 488 g/mol. The average molecular weight is 508 g/mol. The molecule has 130 valence electrons. The zero-order valence-corrected chi connectivity index (χ0v) is 17.6. The number of halogens is 3. The third kappa shape index (κ3) is 4.91. The highest BCUT2D eigenvalue weighted by Crippen LogP contribution is 2.34. The fourth-order valence-corrected chi connectivity index (χ4v) is 3.15. The largest absolute Gasteiger partial charge is 0.396 e. The quantitative estimate of drug-likeness (QED) is 0.400. The summed E-state index contributed by atoms with van der Waals surface area (Å²) in [5.41, 5.74) is 1.84. The summed E-state index contributed by atoms with van der Waals surface area (Å²) in [6.45, 7) is 5.80. The van der Waals surface area contributed by atoms with Crippen molar-refractivity contribution in [3.05, 3.63) is 55.8 Å². The fourth-order valence-electron chi connectivity index (χ4n) is 2.26. The number of hydrogen-bond acceptors (Lipinski definition) is 3. The predicted molar refractivity (Wildman–Crippen MR) is 107 cm³/mol. The van der Waals surface area contributed by atoms with Crippen LogP contribution in [0.15, 0.2) is 40.9 Å². The van der Waals surface area contributed by atoms with E-state index < -0.39 is 5.60 Å². The van der Waals surface area contributed by atoms with Gasteiger partial charge in [0.15, 0.2) is 0 Å². The first-order valence-electron chi connectivity index (χ1n) is 7.55. The first kappa shape index (κ1) is 19.6. The van der Waals surface area contributed by atoms with Crippen LogP contribution < -0.4 is 5.06 Å². The lowest BCUT2D eigenvalue weighted by atomic mass is 10.1. The van der Waals surface area contributed by atoms with Gasteiger partial charge in [-0.2, -0.15) is 0 Å². The number of nitrogens with zero attached hydrogens (tertiary/aromatic N) is 1. The highest BCUT2D eigenvalue weighted by molar-refractivity contribution is 14.1. The fraction of sp³-hybridized carbons (Fsp3) is 0.333. The van der Waals surface area contributed by atoms with Crippen LogP contribution in [0, 0.1) is 16.3 Å². The standard InChI is InChI=1S/C18H20BrFINO2/c1-12-10-13(21)4-7-17(12)22(24-18(2,3)8-9-23)14-5-6-15(19)16(20)11-14/h4-7,10-11,23H,8-9H2,1-3H3. The summed E-state index contributed by atoms with van der Waals surface area (Å²) in [5.74, 6) is -0.357. The SMILES string of the molecule is Cc1cc(I)ccc1N(OC(C)(C)CCO)c1ccc(Br)c(F)c1. The van der Waals surface area contributed by atoms with Gasteiger partial charge in [-0.15, -0.1) is 0 Å². The monoisotopic (exact) mass is 507 g/mol. The topological polar surface area (TPSA) is 32.7 Å². The lowest BCUT2D eigenvalue weighted by Crippen LogP contribution is -2.34. The molecular formula is C18H20BrFINO2. The molecule has 0 radical (unpaired) electrons. The van der Waals surface area contributed by atoms with Crippen molar-refractivity contribution in [1.82, 2.24) is 0 Å². The molecule has 24 heavy (non-hydrogen) atoms. The van der Waals surface area contributed by atoms with Crippen molar-refractivity contribution in [3.63, 3.8) is 0 Å². The Morgan fingerprint density at radius 3 is 2.54 bits per heavy atom. The van der Waals surface area contributed by atoms with Crippen molar-refractivity contribution >= 4 is 49.9 Å². The van der Waals surface area contributed by atoms with E-state index in [1.807, 2.05) is 39.0 Å². The molecule has 0 fully saturated rings. The summed E-state index contributed by atoms with van der Waals surface area (Å²) >= 11 is 5.43.